The first-order valence-corrected chi connectivity index (χ1v) is 6.06. The van der Waals surface area contributed by atoms with E-state index < -0.39 is 24.0 Å². The van der Waals surface area contributed by atoms with Crippen LogP contribution in [0.15, 0.2) is 0 Å². The maximum atomic E-state index is 11.6. The van der Waals surface area contributed by atoms with Crippen LogP contribution in [0.4, 0.5) is 0 Å². The molecule has 0 aromatic heterocycles. The summed E-state index contributed by atoms with van der Waals surface area (Å²) >= 11 is 3.21. The van der Waals surface area contributed by atoms with Crippen LogP contribution in [0.2, 0.25) is 0 Å². The monoisotopic (exact) mass is 296 g/mol. The highest BCUT2D eigenvalue weighted by atomic mass is 79.9. The molecule has 94 valence electrons. The second-order valence-corrected chi connectivity index (χ2v) is 4.47. The van der Waals surface area contributed by atoms with Gasteiger partial charge in [0.25, 0.3) is 0 Å². The highest BCUT2D eigenvalue weighted by Crippen LogP contribution is 2.18. The Kier molecular flexibility index (Phi) is 7.33. The van der Waals surface area contributed by atoms with Crippen molar-refractivity contribution in [2.45, 2.75) is 20.3 Å². The fourth-order valence-electron chi connectivity index (χ4n) is 0.824. The molecule has 0 aliphatic heterocycles. The Morgan fingerprint density at radius 3 is 2.44 bits per heavy atom. The first-order valence-electron chi connectivity index (χ1n) is 4.93. The van der Waals surface area contributed by atoms with Gasteiger partial charge in [0.2, 0.25) is 0 Å². The minimum Gasteiger partial charge on any atom is -0.465 e. The van der Waals surface area contributed by atoms with Gasteiger partial charge < -0.3 is 14.6 Å². The summed E-state index contributed by atoms with van der Waals surface area (Å²) in [7, 11) is 0. The third-order valence-corrected chi connectivity index (χ3v) is 2.51. The van der Waals surface area contributed by atoms with Crippen molar-refractivity contribution in [3.63, 3.8) is 0 Å². The van der Waals surface area contributed by atoms with Crippen molar-refractivity contribution in [1.29, 1.82) is 0 Å². The minimum absolute atomic E-state index is 0.175. The van der Waals surface area contributed by atoms with E-state index >= 15 is 0 Å². The standard InChI is InChI=1S/C10H17BrO5/c1-8(13)16-7-10(2,6-12)9(14)15-5-3-4-11/h12H,3-7H2,1-2H3. The third kappa shape index (κ3) is 5.46. The zero-order valence-electron chi connectivity index (χ0n) is 9.49. The first-order chi connectivity index (χ1) is 7.46. The molecule has 0 aliphatic carbocycles. The number of alkyl halides is 1. The van der Waals surface area contributed by atoms with Crippen LogP contribution in [-0.4, -0.2) is 42.2 Å². The molecule has 0 bridgehead atoms. The van der Waals surface area contributed by atoms with Crippen molar-refractivity contribution in [3.05, 3.63) is 0 Å². The number of halogens is 1. The second-order valence-electron chi connectivity index (χ2n) is 3.68. The number of hydrogen-bond acceptors (Lipinski definition) is 5. The number of rotatable bonds is 7. The lowest BCUT2D eigenvalue weighted by molar-refractivity contribution is -0.164. The molecule has 0 heterocycles. The fraction of sp³-hybridized carbons (Fsp3) is 0.800. The number of aliphatic hydroxyl groups is 1. The van der Waals surface area contributed by atoms with Crippen LogP contribution in [0, 0.1) is 5.41 Å². The number of carbonyl (C=O) groups excluding carboxylic acids is 2. The van der Waals surface area contributed by atoms with E-state index in [2.05, 4.69) is 15.9 Å². The lowest BCUT2D eigenvalue weighted by Crippen LogP contribution is -2.38. The third-order valence-electron chi connectivity index (χ3n) is 1.95. The molecule has 0 amide bonds. The molecule has 0 radical (unpaired) electrons. The summed E-state index contributed by atoms with van der Waals surface area (Å²) in [4.78, 5) is 22.2. The smallest absolute Gasteiger partial charge is 0.317 e. The van der Waals surface area contributed by atoms with Crippen LogP contribution >= 0.6 is 15.9 Å². The average Bonchev–Trinajstić information content (AvgIpc) is 2.26. The molecule has 0 fully saturated rings. The Balaban J connectivity index is 4.20. The molecule has 0 aromatic rings. The SMILES string of the molecule is CC(=O)OCC(C)(CO)C(=O)OCCCBr. The van der Waals surface area contributed by atoms with Crippen molar-refractivity contribution in [1.82, 2.24) is 0 Å². The van der Waals surface area contributed by atoms with Gasteiger partial charge in [-0.05, 0) is 13.3 Å². The fourth-order valence-corrected chi connectivity index (χ4v) is 1.05. The topological polar surface area (TPSA) is 72.8 Å². The summed E-state index contributed by atoms with van der Waals surface area (Å²) in [5, 5.41) is 9.86. The maximum Gasteiger partial charge on any atom is 0.317 e. The first kappa shape index (κ1) is 15.4. The molecule has 0 aliphatic rings. The highest BCUT2D eigenvalue weighted by molar-refractivity contribution is 9.09. The van der Waals surface area contributed by atoms with Crippen LogP contribution in [0.25, 0.3) is 0 Å². The van der Waals surface area contributed by atoms with Gasteiger partial charge in [-0.3, -0.25) is 9.59 Å². The molecule has 0 saturated heterocycles. The zero-order chi connectivity index (χ0) is 12.6. The number of aliphatic hydroxyl groups excluding tert-OH is 1. The predicted molar refractivity (Wildman–Crippen MR) is 61.2 cm³/mol. The summed E-state index contributed by atoms with van der Waals surface area (Å²) in [6.45, 7) is 2.42. The van der Waals surface area contributed by atoms with Crippen molar-refractivity contribution in [3.8, 4) is 0 Å². The van der Waals surface area contributed by atoms with E-state index in [4.69, 9.17) is 14.6 Å². The van der Waals surface area contributed by atoms with Gasteiger partial charge in [0.05, 0.1) is 13.2 Å². The van der Waals surface area contributed by atoms with E-state index in [0.717, 1.165) is 5.33 Å². The summed E-state index contributed by atoms with van der Waals surface area (Å²) in [5.41, 5.74) is -1.18. The highest BCUT2D eigenvalue weighted by Gasteiger charge is 2.35. The van der Waals surface area contributed by atoms with Crippen LogP contribution < -0.4 is 0 Å². The van der Waals surface area contributed by atoms with Gasteiger partial charge in [-0.25, -0.2) is 0 Å². The average molecular weight is 297 g/mol. The molecule has 0 saturated carbocycles. The van der Waals surface area contributed by atoms with Crippen molar-refractivity contribution in [2.24, 2.45) is 5.41 Å². The van der Waals surface area contributed by atoms with Gasteiger partial charge >= 0.3 is 11.9 Å². The molecule has 1 N–H and O–H groups in total. The molecule has 0 rings (SSSR count). The molecule has 5 nitrogen and oxygen atoms in total. The summed E-state index contributed by atoms with van der Waals surface area (Å²) < 4.78 is 9.67. The zero-order valence-corrected chi connectivity index (χ0v) is 11.1. The quantitative estimate of drug-likeness (QED) is 0.429. The molecule has 1 unspecified atom stereocenters. The Labute approximate surface area is 103 Å². The Morgan fingerprint density at radius 2 is 2.00 bits per heavy atom. The number of esters is 2. The number of hydrogen-bond donors (Lipinski definition) is 1. The van der Waals surface area contributed by atoms with Crippen LogP contribution in [0.1, 0.15) is 20.3 Å². The molecule has 0 aromatic carbocycles. The molecular formula is C10H17BrO5. The number of carbonyl (C=O) groups is 2. The van der Waals surface area contributed by atoms with E-state index in [-0.39, 0.29) is 13.2 Å². The molecule has 0 spiro atoms. The normalized spacial score (nSPS) is 14.0. The van der Waals surface area contributed by atoms with Gasteiger partial charge in [-0.15, -0.1) is 0 Å². The van der Waals surface area contributed by atoms with E-state index in [1.165, 1.54) is 13.8 Å². The van der Waals surface area contributed by atoms with E-state index in [1.807, 2.05) is 0 Å². The van der Waals surface area contributed by atoms with E-state index in [0.29, 0.717) is 6.42 Å². The molecular weight excluding hydrogens is 280 g/mol. The lowest BCUT2D eigenvalue weighted by Gasteiger charge is -2.24. The van der Waals surface area contributed by atoms with Crippen molar-refractivity contribution in [2.75, 3.05) is 25.2 Å². The van der Waals surface area contributed by atoms with Crippen molar-refractivity contribution < 1.29 is 24.2 Å². The minimum atomic E-state index is -1.18. The summed E-state index contributed by atoms with van der Waals surface area (Å²) in [6.07, 6.45) is 0.695. The van der Waals surface area contributed by atoms with Gasteiger partial charge in [0.15, 0.2) is 0 Å². The van der Waals surface area contributed by atoms with Crippen LogP contribution in [0.5, 0.6) is 0 Å². The maximum absolute atomic E-state index is 11.6. The Morgan fingerprint density at radius 1 is 1.38 bits per heavy atom. The van der Waals surface area contributed by atoms with Gasteiger partial charge in [-0.2, -0.15) is 0 Å². The van der Waals surface area contributed by atoms with Crippen LogP contribution in [-0.2, 0) is 19.1 Å². The van der Waals surface area contributed by atoms with E-state index in [1.54, 1.807) is 0 Å². The van der Waals surface area contributed by atoms with Crippen LogP contribution in [0.3, 0.4) is 0 Å². The largest absolute Gasteiger partial charge is 0.465 e. The van der Waals surface area contributed by atoms with Crippen molar-refractivity contribution >= 4 is 27.9 Å². The summed E-state index contributed by atoms with van der Waals surface area (Å²) in [6, 6.07) is 0. The second kappa shape index (κ2) is 7.62. The number of ether oxygens (including phenoxy) is 2. The van der Waals surface area contributed by atoms with Gasteiger partial charge in [0.1, 0.15) is 12.0 Å². The Bertz CT molecular complexity index is 243. The van der Waals surface area contributed by atoms with Gasteiger partial charge in [-0.1, -0.05) is 15.9 Å². The van der Waals surface area contributed by atoms with E-state index in [9.17, 15) is 9.59 Å². The molecule has 16 heavy (non-hydrogen) atoms. The summed E-state index contributed by atoms with van der Waals surface area (Å²) in [5.74, 6) is -1.05. The predicted octanol–water partition coefficient (Wildman–Crippen LogP) is 0.876. The van der Waals surface area contributed by atoms with Gasteiger partial charge in [0, 0.05) is 12.3 Å². The Hall–Kier alpha value is -0.620. The molecule has 1 atom stereocenters. The lowest BCUT2D eigenvalue weighted by atomic mass is 9.93. The molecule has 6 heteroatoms.